The maximum atomic E-state index is 13.3. The Balaban J connectivity index is 1.72. The molecule has 4 heterocycles. The number of furan rings is 1. The topological polar surface area (TPSA) is 50.8 Å². The van der Waals surface area contributed by atoms with E-state index in [9.17, 15) is 4.79 Å². The minimum Gasteiger partial charge on any atom is -0.467 e. The second-order valence-corrected chi connectivity index (χ2v) is 6.63. The number of pyridine rings is 1. The minimum absolute atomic E-state index is 0.0567. The van der Waals surface area contributed by atoms with Crippen molar-refractivity contribution in [2.24, 2.45) is 0 Å². The molecule has 0 fully saturated rings. The van der Waals surface area contributed by atoms with Gasteiger partial charge in [-0.15, -0.1) is 0 Å². The van der Waals surface area contributed by atoms with Gasteiger partial charge in [0.15, 0.2) is 0 Å². The highest BCUT2D eigenvalue weighted by Crippen LogP contribution is 2.19. The third kappa shape index (κ3) is 3.08. The highest BCUT2D eigenvalue weighted by molar-refractivity contribution is 7.07. The summed E-state index contributed by atoms with van der Waals surface area (Å²) in [4.78, 5) is 19.6. The fourth-order valence-electron chi connectivity index (χ4n) is 2.91. The molecule has 0 aliphatic heterocycles. The maximum Gasteiger partial charge on any atom is 0.273 e. The van der Waals surface area contributed by atoms with E-state index in [0.717, 1.165) is 22.7 Å². The van der Waals surface area contributed by atoms with Crippen LogP contribution in [-0.2, 0) is 13.1 Å². The van der Waals surface area contributed by atoms with E-state index < -0.39 is 0 Å². The first-order valence-electron chi connectivity index (χ1n) is 7.99. The van der Waals surface area contributed by atoms with Gasteiger partial charge in [0.2, 0.25) is 0 Å². The van der Waals surface area contributed by atoms with Crippen LogP contribution in [0.25, 0.3) is 5.65 Å². The van der Waals surface area contributed by atoms with Crippen molar-refractivity contribution in [1.82, 2.24) is 14.3 Å². The number of carbonyl (C=O) groups is 1. The summed E-state index contributed by atoms with van der Waals surface area (Å²) in [6.07, 6.45) is 3.50. The quantitative estimate of drug-likeness (QED) is 0.543. The Morgan fingerprint density at radius 3 is 2.92 bits per heavy atom. The first-order chi connectivity index (χ1) is 12.2. The van der Waals surface area contributed by atoms with Gasteiger partial charge in [-0.1, -0.05) is 6.07 Å². The van der Waals surface area contributed by atoms with E-state index in [1.807, 2.05) is 59.3 Å². The maximum absolute atomic E-state index is 13.3. The molecule has 0 saturated heterocycles. The molecule has 0 N–H and O–H groups in total. The predicted octanol–water partition coefficient (Wildman–Crippen LogP) is 4.14. The molecular weight excluding hydrogens is 334 g/mol. The number of imidazole rings is 1. The van der Waals surface area contributed by atoms with E-state index in [0.29, 0.717) is 18.8 Å². The molecule has 126 valence electrons. The molecule has 0 saturated carbocycles. The minimum atomic E-state index is -0.0567. The van der Waals surface area contributed by atoms with Crippen LogP contribution in [0.1, 0.15) is 27.5 Å². The van der Waals surface area contributed by atoms with E-state index >= 15 is 0 Å². The SMILES string of the molecule is Cc1nc2ccccn2c1C(=O)N(Cc1ccsc1)Cc1ccco1. The lowest BCUT2D eigenvalue weighted by Crippen LogP contribution is -2.31. The van der Waals surface area contributed by atoms with Gasteiger partial charge >= 0.3 is 0 Å². The zero-order valence-corrected chi connectivity index (χ0v) is 14.6. The first-order valence-corrected chi connectivity index (χ1v) is 8.93. The molecule has 4 rings (SSSR count). The lowest BCUT2D eigenvalue weighted by Gasteiger charge is -2.21. The zero-order chi connectivity index (χ0) is 17.2. The number of aryl methyl sites for hydroxylation is 1. The summed E-state index contributed by atoms with van der Waals surface area (Å²) in [5, 5.41) is 4.08. The second-order valence-electron chi connectivity index (χ2n) is 5.85. The van der Waals surface area contributed by atoms with Crippen molar-refractivity contribution >= 4 is 22.9 Å². The van der Waals surface area contributed by atoms with Crippen LogP contribution in [0.15, 0.2) is 64.0 Å². The Morgan fingerprint density at radius 1 is 1.24 bits per heavy atom. The summed E-state index contributed by atoms with van der Waals surface area (Å²) in [7, 11) is 0. The van der Waals surface area contributed by atoms with E-state index in [1.54, 1.807) is 22.5 Å². The van der Waals surface area contributed by atoms with Crippen molar-refractivity contribution in [1.29, 1.82) is 0 Å². The molecule has 0 unspecified atom stereocenters. The summed E-state index contributed by atoms with van der Waals surface area (Å²) in [5.41, 5.74) is 3.21. The average molecular weight is 351 g/mol. The molecular formula is C19H17N3O2S. The smallest absolute Gasteiger partial charge is 0.273 e. The van der Waals surface area contributed by atoms with Gasteiger partial charge in [-0.3, -0.25) is 9.20 Å². The van der Waals surface area contributed by atoms with Crippen molar-refractivity contribution in [3.63, 3.8) is 0 Å². The molecule has 0 radical (unpaired) electrons. The normalized spacial score (nSPS) is 11.1. The van der Waals surface area contributed by atoms with Crippen molar-refractivity contribution < 1.29 is 9.21 Å². The van der Waals surface area contributed by atoms with Crippen LogP contribution in [-0.4, -0.2) is 20.2 Å². The number of thiophene rings is 1. The monoisotopic (exact) mass is 351 g/mol. The van der Waals surface area contributed by atoms with Crippen LogP contribution in [0.5, 0.6) is 0 Å². The van der Waals surface area contributed by atoms with Crippen LogP contribution in [0.2, 0.25) is 0 Å². The standard InChI is InChI=1S/C19H17N3O2S/c1-14-18(22-8-3-2-6-17(22)20-14)19(23)21(11-15-7-10-25-13-15)12-16-5-4-9-24-16/h2-10,13H,11-12H2,1H3. The average Bonchev–Trinajstić information content (AvgIpc) is 3.34. The number of fused-ring (bicyclic) bond motifs is 1. The second kappa shape index (κ2) is 6.57. The van der Waals surface area contributed by atoms with Gasteiger partial charge < -0.3 is 9.32 Å². The summed E-state index contributed by atoms with van der Waals surface area (Å²) in [6, 6.07) is 11.5. The predicted molar refractivity (Wildman–Crippen MR) is 96.5 cm³/mol. The van der Waals surface area contributed by atoms with Gasteiger partial charge in [0, 0.05) is 12.7 Å². The van der Waals surface area contributed by atoms with Crippen molar-refractivity contribution in [3.8, 4) is 0 Å². The third-order valence-corrected chi connectivity index (χ3v) is 4.81. The van der Waals surface area contributed by atoms with Crippen LogP contribution >= 0.6 is 11.3 Å². The molecule has 6 heteroatoms. The summed E-state index contributed by atoms with van der Waals surface area (Å²) >= 11 is 1.63. The zero-order valence-electron chi connectivity index (χ0n) is 13.8. The van der Waals surface area contributed by atoms with Crippen LogP contribution in [0, 0.1) is 6.92 Å². The molecule has 0 aliphatic carbocycles. The van der Waals surface area contributed by atoms with Crippen molar-refractivity contribution in [2.75, 3.05) is 0 Å². The molecule has 0 atom stereocenters. The largest absolute Gasteiger partial charge is 0.467 e. The van der Waals surface area contributed by atoms with E-state index in [-0.39, 0.29) is 5.91 Å². The summed E-state index contributed by atoms with van der Waals surface area (Å²) < 4.78 is 7.30. The van der Waals surface area contributed by atoms with E-state index in [2.05, 4.69) is 10.4 Å². The Hall–Kier alpha value is -2.86. The molecule has 25 heavy (non-hydrogen) atoms. The molecule has 5 nitrogen and oxygen atoms in total. The third-order valence-electron chi connectivity index (χ3n) is 4.07. The number of rotatable bonds is 5. The van der Waals surface area contributed by atoms with Crippen LogP contribution in [0.3, 0.4) is 0 Å². The highest BCUT2D eigenvalue weighted by atomic mass is 32.1. The summed E-state index contributed by atoms with van der Waals surface area (Å²) in [6.45, 7) is 2.82. The van der Waals surface area contributed by atoms with Gasteiger partial charge in [0.25, 0.3) is 5.91 Å². The summed E-state index contributed by atoms with van der Waals surface area (Å²) in [5.74, 6) is 0.703. The van der Waals surface area contributed by atoms with Crippen molar-refractivity contribution in [3.05, 3.63) is 82.3 Å². The Kier molecular flexibility index (Phi) is 4.11. The molecule has 4 aromatic rings. The fraction of sp³-hybridized carbons (Fsp3) is 0.158. The number of carbonyl (C=O) groups excluding carboxylic acids is 1. The number of nitrogens with zero attached hydrogens (tertiary/aromatic N) is 3. The first kappa shape index (κ1) is 15.7. The number of hydrogen-bond donors (Lipinski definition) is 0. The Labute approximate surface area is 149 Å². The highest BCUT2D eigenvalue weighted by Gasteiger charge is 2.23. The molecule has 1 amide bonds. The van der Waals surface area contributed by atoms with Crippen LogP contribution < -0.4 is 0 Å². The van der Waals surface area contributed by atoms with Crippen molar-refractivity contribution in [2.45, 2.75) is 20.0 Å². The van der Waals surface area contributed by atoms with E-state index in [4.69, 9.17) is 4.42 Å². The molecule has 0 spiro atoms. The molecule has 0 aliphatic rings. The van der Waals surface area contributed by atoms with Gasteiger partial charge in [-0.2, -0.15) is 11.3 Å². The number of hydrogen-bond acceptors (Lipinski definition) is 4. The fourth-order valence-corrected chi connectivity index (χ4v) is 3.57. The Bertz CT molecular complexity index is 951. The van der Waals surface area contributed by atoms with Crippen LogP contribution in [0.4, 0.5) is 0 Å². The molecule has 4 aromatic heterocycles. The van der Waals surface area contributed by atoms with Gasteiger partial charge in [0.05, 0.1) is 18.5 Å². The molecule has 0 bridgehead atoms. The van der Waals surface area contributed by atoms with Gasteiger partial charge in [-0.25, -0.2) is 4.98 Å². The van der Waals surface area contributed by atoms with E-state index in [1.165, 1.54) is 0 Å². The lowest BCUT2D eigenvalue weighted by atomic mass is 10.2. The number of amides is 1. The van der Waals surface area contributed by atoms with Gasteiger partial charge in [0.1, 0.15) is 17.1 Å². The molecule has 0 aromatic carbocycles. The number of aromatic nitrogens is 2. The van der Waals surface area contributed by atoms with Gasteiger partial charge in [-0.05, 0) is 53.6 Å². The lowest BCUT2D eigenvalue weighted by molar-refractivity contribution is 0.0710. The Morgan fingerprint density at radius 2 is 2.16 bits per heavy atom.